The Hall–Kier alpha value is -2.01. The van der Waals surface area contributed by atoms with Crippen LogP contribution in [0.1, 0.15) is 43.2 Å². The number of ether oxygens (including phenoxy) is 1. The van der Waals surface area contributed by atoms with Crippen LogP contribution in [0.4, 0.5) is 26.3 Å². The maximum Gasteiger partial charge on any atom is 0.420 e. The molecule has 32 heavy (non-hydrogen) atoms. The zero-order valence-corrected chi connectivity index (χ0v) is 17.7. The molecule has 1 saturated carbocycles. The summed E-state index contributed by atoms with van der Waals surface area (Å²) in [5, 5.41) is 0.160. The first-order chi connectivity index (χ1) is 14.7. The maximum absolute atomic E-state index is 13.9. The molecule has 0 spiro atoms. The van der Waals surface area contributed by atoms with Crippen molar-refractivity contribution in [3.05, 3.63) is 41.5 Å². The summed E-state index contributed by atoms with van der Waals surface area (Å²) in [6, 6.07) is 6.98. The molecule has 1 fully saturated rings. The summed E-state index contributed by atoms with van der Waals surface area (Å²) >= 11 is 0. The standard InChI is InChI=1S/C21H22F6O4S/c22-20(23,24)15-6-8-16(9-7-15)31-18-10-5-14-4-3-13(2-1-11-32(28,29)30)12-17(14)19(18)21(25,26)27/h3-5,10,12,15-16H,1-2,6-9,11H2,(H,28,29,30). The minimum Gasteiger partial charge on any atom is -0.490 e. The minimum atomic E-state index is -4.77. The van der Waals surface area contributed by atoms with Gasteiger partial charge >= 0.3 is 12.4 Å². The number of hydrogen-bond acceptors (Lipinski definition) is 3. The van der Waals surface area contributed by atoms with E-state index < -0.39 is 51.6 Å². The van der Waals surface area contributed by atoms with Crippen molar-refractivity contribution in [3.63, 3.8) is 0 Å². The SMILES string of the molecule is O=S(=O)(O)CCCc1ccc2ccc(OC3CCC(C(F)(F)F)CC3)c(C(F)(F)F)c2c1. The van der Waals surface area contributed by atoms with Crippen molar-refractivity contribution in [2.45, 2.75) is 57.0 Å². The average molecular weight is 484 g/mol. The first-order valence-electron chi connectivity index (χ1n) is 10.1. The fraction of sp³-hybridized carbons (Fsp3) is 0.524. The molecular weight excluding hydrogens is 462 g/mol. The summed E-state index contributed by atoms with van der Waals surface area (Å²) in [7, 11) is -4.17. The number of alkyl halides is 6. The van der Waals surface area contributed by atoms with Gasteiger partial charge in [-0.1, -0.05) is 24.3 Å². The topological polar surface area (TPSA) is 63.6 Å². The van der Waals surface area contributed by atoms with Crippen molar-refractivity contribution in [2.75, 3.05) is 5.75 Å². The molecule has 0 aromatic heterocycles. The van der Waals surface area contributed by atoms with E-state index >= 15 is 0 Å². The molecule has 0 saturated heterocycles. The van der Waals surface area contributed by atoms with Crippen LogP contribution in [0, 0.1) is 5.92 Å². The van der Waals surface area contributed by atoms with E-state index in [4.69, 9.17) is 9.29 Å². The predicted molar refractivity (Wildman–Crippen MR) is 106 cm³/mol. The Kier molecular flexibility index (Phi) is 6.99. The van der Waals surface area contributed by atoms with Crippen LogP contribution in [0.2, 0.25) is 0 Å². The van der Waals surface area contributed by atoms with E-state index in [1.54, 1.807) is 6.07 Å². The first-order valence-corrected chi connectivity index (χ1v) is 11.7. The summed E-state index contributed by atoms with van der Waals surface area (Å²) < 4.78 is 116. The molecule has 3 rings (SSSR count). The van der Waals surface area contributed by atoms with E-state index in [9.17, 15) is 34.8 Å². The average Bonchev–Trinajstić information content (AvgIpc) is 2.65. The molecule has 4 nitrogen and oxygen atoms in total. The van der Waals surface area contributed by atoms with Gasteiger partial charge in [-0.25, -0.2) is 0 Å². The number of rotatable bonds is 6. The van der Waals surface area contributed by atoms with E-state index in [1.807, 2.05) is 0 Å². The monoisotopic (exact) mass is 484 g/mol. The third kappa shape index (κ3) is 6.28. The van der Waals surface area contributed by atoms with E-state index in [2.05, 4.69) is 0 Å². The van der Waals surface area contributed by atoms with Crippen LogP contribution in [0.5, 0.6) is 5.75 Å². The van der Waals surface area contributed by atoms with Crippen LogP contribution in [-0.2, 0) is 22.7 Å². The lowest BCUT2D eigenvalue weighted by atomic mass is 9.87. The summed E-state index contributed by atoms with van der Waals surface area (Å²) in [5.74, 6) is -2.41. The van der Waals surface area contributed by atoms with Crippen molar-refractivity contribution >= 4 is 20.9 Å². The molecule has 1 N–H and O–H groups in total. The zero-order chi connectivity index (χ0) is 23.7. The number of aryl methyl sites for hydroxylation is 1. The van der Waals surface area contributed by atoms with Gasteiger partial charge in [-0.05, 0) is 60.9 Å². The van der Waals surface area contributed by atoms with E-state index in [1.165, 1.54) is 24.3 Å². The molecule has 0 unspecified atom stereocenters. The minimum absolute atomic E-state index is 0.00911. The van der Waals surface area contributed by atoms with Crippen LogP contribution in [0.25, 0.3) is 10.8 Å². The molecule has 0 atom stereocenters. The van der Waals surface area contributed by atoms with Crippen LogP contribution in [0.15, 0.2) is 30.3 Å². The maximum atomic E-state index is 13.9. The Labute approximate surface area is 181 Å². The third-order valence-electron chi connectivity index (χ3n) is 5.63. The first kappa shape index (κ1) is 24.6. The van der Waals surface area contributed by atoms with Crippen molar-refractivity contribution in [1.82, 2.24) is 0 Å². The van der Waals surface area contributed by atoms with Gasteiger partial charge in [-0.15, -0.1) is 0 Å². The third-order valence-corrected chi connectivity index (χ3v) is 6.43. The molecule has 0 radical (unpaired) electrons. The van der Waals surface area contributed by atoms with Crippen LogP contribution in [-0.4, -0.2) is 31.0 Å². The van der Waals surface area contributed by atoms with Gasteiger partial charge in [0.05, 0.1) is 17.8 Å². The molecular formula is C21H22F6O4S. The highest BCUT2D eigenvalue weighted by Crippen LogP contribution is 2.44. The second-order valence-corrected chi connectivity index (χ2v) is 9.59. The van der Waals surface area contributed by atoms with Crippen molar-refractivity contribution in [2.24, 2.45) is 5.92 Å². The van der Waals surface area contributed by atoms with Gasteiger partial charge in [0.1, 0.15) is 11.3 Å². The number of fused-ring (bicyclic) bond motifs is 1. The molecule has 0 bridgehead atoms. The van der Waals surface area contributed by atoms with Gasteiger partial charge in [0, 0.05) is 0 Å². The van der Waals surface area contributed by atoms with Crippen LogP contribution in [0.3, 0.4) is 0 Å². The van der Waals surface area contributed by atoms with E-state index in [-0.39, 0.29) is 43.9 Å². The van der Waals surface area contributed by atoms with E-state index in [0.29, 0.717) is 10.9 Å². The molecule has 2 aromatic rings. The Balaban J connectivity index is 1.86. The highest BCUT2D eigenvalue weighted by atomic mass is 32.2. The van der Waals surface area contributed by atoms with Gasteiger partial charge in [-0.3, -0.25) is 4.55 Å². The normalized spacial score (nSPS) is 20.5. The van der Waals surface area contributed by atoms with Gasteiger partial charge in [0.2, 0.25) is 0 Å². The number of benzene rings is 2. The van der Waals surface area contributed by atoms with Gasteiger partial charge in [0.25, 0.3) is 10.1 Å². The molecule has 1 aliphatic carbocycles. The van der Waals surface area contributed by atoms with Crippen LogP contribution >= 0.6 is 0 Å². The lowest BCUT2D eigenvalue weighted by Crippen LogP contribution is -2.32. The second kappa shape index (κ2) is 9.09. The largest absolute Gasteiger partial charge is 0.490 e. The molecule has 0 aliphatic heterocycles. The zero-order valence-electron chi connectivity index (χ0n) is 16.8. The summed E-state index contributed by atoms with van der Waals surface area (Å²) in [6.45, 7) is 0. The Bertz CT molecular complexity index is 1050. The van der Waals surface area contributed by atoms with Crippen molar-refractivity contribution in [3.8, 4) is 5.75 Å². The lowest BCUT2D eigenvalue weighted by molar-refractivity contribution is -0.185. The molecule has 1 aliphatic rings. The molecule has 11 heteroatoms. The Morgan fingerprint density at radius 1 is 0.969 bits per heavy atom. The molecule has 0 heterocycles. The predicted octanol–water partition coefficient (Wildman–Crippen LogP) is 6.18. The van der Waals surface area contributed by atoms with Gasteiger partial charge < -0.3 is 4.74 Å². The van der Waals surface area contributed by atoms with Crippen molar-refractivity contribution in [1.29, 1.82) is 0 Å². The molecule has 178 valence electrons. The fourth-order valence-corrected chi connectivity index (χ4v) is 4.55. The second-order valence-electron chi connectivity index (χ2n) is 8.01. The number of hydrogen-bond donors (Lipinski definition) is 1. The molecule has 2 aromatic carbocycles. The van der Waals surface area contributed by atoms with Gasteiger partial charge in [-0.2, -0.15) is 34.8 Å². The van der Waals surface area contributed by atoms with Gasteiger partial charge in [0.15, 0.2) is 0 Å². The Morgan fingerprint density at radius 2 is 1.59 bits per heavy atom. The molecule has 0 amide bonds. The summed E-state index contributed by atoms with van der Waals surface area (Å²) in [6.07, 6.45) is -10.0. The summed E-state index contributed by atoms with van der Waals surface area (Å²) in [5.41, 5.74) is -0.556. The summed E-state index contributed by atoms with van der Waals surface area (Å²) in [4.78, 5) is 0. The van der Waals surface area contributed by atoms with Crippen LogP contribution < -0.4 is 4.74 Å². The highest BCUT2D eigenvalue weighted by molar-refractivity contribution is 7.85. The quantitative estimate of drug-likeness (QED) is 0.393. The number of halogens is 6. The Morgan fingerprint density at radius 3 is 2.16 bits per heavy atom. The highest BCUT2D eigenvalue weighted by Gasteiger charge is 2.42. The fourth-order valence-electron chi connectivity index (χ4n) is 4.04. The van der Waals surface area contributed by atoms with Crippen molar-refractivity contribution < 1.29 is 44.0 Å². The smallest absolute Gasteiger partial charge is 0.420 e. The lowest BCUT2D eigenvalue weighted by Gasteiger charge is -2.31. The van der Waals surface area contributed by atoms with E-state index in [0.717, 1.165) is 0 Å².